The summed E-state index contributed by atoms with van der Waals surface area (Å²) >= 11 is 0. The lowest BCUT2D eigenvalue weighted by atomic mass is 10.3. The van der Waals surface area contributed by atoms with Gasteiger partial charge in [-0.15, -0.1) is 15.8 Å². The van der Waals surface area contributed by atoms with Gasteiger partial charge < -0.3 is 0 Å². The van der Waals surface area contributed by atoms with Crippen LogP contribution in [0.25, 0.3) is 0 Å². The van der Waals surface area contributed by atoms with Gasteiger partial charge in [0.05, 0.1) is 0 Å². The van der Waals surface area contributed by atoms with E-state index in [1.807, 2.05) is 0 Å². The molecule has 0 N–H and O–H groups in total. The quantitative estimate of drug-likeness (QED) is 0.494. The molecule has 2 heteroatoms. The first-order valence-corrected chi connectivity index (χ1v) is 10.7. The Kier molecular flexibility index (Phi) is 10.4. The molecule has 0 aromatic heterocycles. The van der Waals surface area contributed by atoms with Crippen LogP contribution < -0.4 is 0 Å². The van der Waals surface area contributed by atoms with Gasteiger partial charge in [-0.05, 0) is 48.8 Å². The number of rotatable bonds is 9. The van der Waals surface area contributed by atoms with Crippen molar-refractivity contribution in [1.82, 2.24) is 0 Å². The predicted molar refractivity (Wildman–Crippen MR) is 84.1 cm³/mol. The lowest BCUT2D eigenvalue weighted by Gasteiger charge is -2.23. The maximum Gasteiger partial charge on any atom is -0.0286 e. The Morgan fingerprint density at radius 3 is 1.19 bits per heavy atom. The zero-order valence-electron chi connectivity index (χ0n) is 12.3. The zero-order valence-corrected chi connectivity index (χ0v) is 14.1. The molecule has 0 aromatic carbocycles. The minimum atomic E-state index is 0.355. The summed E-state index contributed by atoms with van der Waals surface area (Å²) in [5.74, 6) is 1.81. The van der Waals surface area contributed by atoms with Crippen LogP contribution >= 0.6 is 15.8 Å². The van der Waals surface area contributed by atoms with Crippen LogP contribution in [0.5, 0.6) is 0 Å². The van der Waals surface area contributed by atoms with Gasteiger partial charge in [-0.3, -0.25) is 0 Å². The molecule has 0 aliphatic rings. The summed E-state index contributed by atoms with van der Waals surface area (Å²) in [6, 6.07) is 0. The van der Waals surface area contributed by atoms with Crippen LogP contribution in [0.3, 0.4) is 0 Å². The van der Waals surface area contributed by atoms with Gasteiger partial charge in [0.1, 0.15) is 0 Å². The molecule has 0 nitrogen and oxygen atoms in total. The average Bonchev–Trinajstić information content (AvgIpc) is 2.20. The van der Waals surface area contributed by atoms with Gasteiger partial charge in [0, 0.05) is 0 Å². The second-order valence-electron chi connectivity index (χ2n) is 5.57. The van der Waals surface area contributed by atoms with E-state index in [2.05, 4.69) is 41.5 Å². The minimum absolute atomic E-state index is 0.355. The molecule has 0 heterocycles. The Morgan fingerprint density at radius 2 is 1.00 bits per heavy atom. The van der Waals surface area contributed by atoms with Crippen molar-refractivity contribution in [3.8, 4) is 0 Å². The molecule has 0 rings (SSSR count). The fourth-order valence-electron chi connectivity index (χ4n) is 2.07. The molecule has 98 valence electrons. The van der Waals surface area contributed by atoms with Crippen molar-refractivity contribution in [2.24, 2.45) is 11.8 Å². The molecule has 16 heavy (non-hydrogen) atoms. The first-order chi connectivity index (χ1) is 7.49. The third kappa shape index (κ3) is 8.95. The van der Waals surface area contributed by atoms with E-state index in [0.29, 0.717) is 15.8 Å². The van der Waals surface area contributed by atoms with Crippen molar-refractivity contribution >= 4 is 15.8 Å². The Balaban J connectivity index is 3.87. The third-order valence-electron chi connectivity index (χ3n) is 2.87. The second-order valence-corrected chi connectivity index (χ2v) is 11.1. The van der Waals surface area contributed by atoms with Gasteiger partial charge in [-0.25, -0.2) is 0 Å². The van der Waals surface area contributed by atoms with E-state index in [1.54, 1.807) is 12.3 Å². The van der Waals surface area contributed by atoms with Gasteiger partial charge in [0.2, 0.25) is 0 Å². The van der Waals surface area contributed by atoms with E-state index in [1.165, 1.54) is 24.6 Å². The van der Waals surface area contributed by atoms with Crippen molar-refractivity contribution in [2.45, 2.75) is 41.5 Å². The van der Waals surface area contributed by atoms with E-state index in [0.717, 1.165) is 11.8 Å². The molecular formula is C14H32P2. The maximum atomic E-state index is 2.39. The van der Waals surface area contributed by atoms with E-state index < -0.39 is 0 Å². The number of hydrogen-bond acceptors (Lipinski definition) is 0. The van der Waals surface area contributed by atoms with Crippen molar-refractivity contribution in [3.63, 3.8) is 0 Å². The molecule has 0 saturated heterocycles. The van der Waals surface area contributed by atoms with Crippen LogP contribution in [-0.2, 0) is 0 Å². The molecule has 0 aromatic rings. The molecule has 0 aliphatic carbocycles. The maximum absolute atomic E-state index is 2.39. The van der Waals surface area contributed by atoms with Crippen LogP contribution in [0.1, 0.15) is 41.5 Å². The van der Waals surface area contributed by atoms with E-state index in [-0.39, 0.29) is 0 Å². The molecule has 2 unspecified atom stereocenters. The van der Waals surface area contributed by atoms with Crippen LogP contribution in [0.2, 0.25) is 0 Å². The number of hydrogen-bond donors (Lipinski definition) is 0. The van der Waals surface area contributed by atoms with E-state index >= 15 is 0 Å². The highest BCUT2D eigenvalue weighted by molar-refractivity contribution is 7.61. The Hall–Kier alpha value is 0.860. The highest BCUT2D eigenvalue weighted by Gasteiger charge is 2.12. The van der Waals surface area contributed by atoms with E-state index in [4.69, 9.17) is 0 Å². The van der Waals surface area contributed by atoms with Crippen molar-refractivity contribution in [3.05, 3.63) is 0 Å². The van der Waals surface area contributed by atoms with Gasteiger partial charge >= 0.3 is 0 Å². The van der Waals surface area contributed by atoms with Crippen LogP contribution in [0.4, 0.5) is 0 Å². The fourth-order valence-corrected chi connectivity index (χ4v) is 7.91. The first kappa shape index (κ1) is 16.9. The zero-order chi connectivity index (χ0) is 12.6. The summed E-state index contributed by atoms with van der Waals surface area (Å²) in [6.07, 6.45) is 9.00. The Labute approximate surface area is 106 Å². The summed E-state index contributed by atoms with van der Waals surface area (Å²) in [5, 5.41) is 0. The molecule has 0 fully saturated rings. The van der Waals surface area contributed by atoms with Crippen LogP contribution in [-0.4, -0.2) is 37.0 Å². The van der Waals surface area contributed by atoms with Gasteiger partial charge in [-0.1, -0.05) is 41.5 Å². The predicted octanol–water partition coefficient (Wildman–Crippen LogP) is 5.30. The monoisotopic (exact) mass is 262 g/mol. The second kappa shape index (κ2) is 9.85. The molecule has 2 atom stereocenters. The SMILES string of the molecule is CCP(CCP(CC)CC(C)C)CC(C)C. The molecule has 0 radical (unpaired) electrons. The van der Waals surface area contributed by atoms with Crippen LogP contribution in [0.15, 0.2) is 0 Å². The highest BCUT2D eigenvalue weighted by Crippen LogP contribution is 2.44. The summed E-state index contributed by atoms with van der Waals surface area (Å²) < 4.78 is 0. The van der Waals surface area contributed by atoms with Crippen LogP contribution in [0, 0.1) is 11.8 Å². The van der Waals surface area contributed by atoms with Crippen molar-refractivity contribution in [1.29, 1.82) is 0 Å². The standard InChI is InChI=1S/C14H32P2/c1-7-15(11-13(3)4)9-10-16(8-2)12-14(5)6/h13-14H,7-12H2,1-6H3. The summed E-state index contributed by atoms with van der Waals surface area (Å²) in [7, 11) is 0.710. The molecule has 0 spiro atoms. The average molecular weight is 262 g/mol. The van der Waals surface area contributed by atoms with Gasteiger partial charge in [0.15, 0.2) is 0 Å². The van der Waals surface area contributed by atoms with Crippen molar-refractivity contribution < 1.29 is 0 Å². The third-order valence-corrected chi connectivity index (χ3v) is 9.22. The summed E-state index contributed by atoms with van der Waals surface area (Å²) in [6.45, 7) is 14.3. The molecule has 0 bridgehead atoms. The fraction of sp³-hybridized carbons (Fsp3) is 1.00. The molecule has 0 aliphatic heterocycles. The van der Waals surface area contributed by atoms with Gasteiger partial charge in [-0.2, -0.15) is 0 Å². The first-order valence-electron chi connectivity index (χ1n) is 6.94. The molecule has 0 amide bonds. The topological polar surface area (TPSA) is 0 Å². The molecule has 0 saturated carbocycles. The summed E-state index contributed by atoms with van der Waals surface area (Å²) in [5.41, 5.74) is 0. The summed E-state index contributed by atoms with van der Waals surface area (Å²) in [4.78, 5) is 0. The van der Waals surface area contributed by atoms with Crippen molar-refractivity contribution in [2.75, 3.05) is 37.0 Å². The van der Waals surface area contributed by atoms with Gasteiger partial charge in [0.25, 0.3) is 0 Å². The lowest BCUT2D eigenvalue weighted by molar-refractivity contribution is 0.741. The molecular weight excluding hydrogens is 230 g/mol. The largest absolute Gasteiger partial charge is 0.106 e. The highest BCUT2D eigenvalue weighted by atomic mass is 31.1. The normalized spacial score (nSPS) is 15.8. The minimum Gasteiger partial charge on any atom is -0.106 e. The smallest absolute Gasteiger partial charge is 0.0286 e. The lowest BCUT2D eigenvalue weighted by Crippen LogP contribution is -2.05. The Morgan fingerprint density at radius 1 is 0.688 bits per heavy atom. The Bertz CT molecular complexity index is 137. The van der Waals surface area contributed by atoms with E-state index in [9.17, 15) is 0 Å².